The molecule has 0 aromatic heterocycles. The van der Waals surface area contributed by atoms with Crippen LogP contribution in [-0.2, 0) is 20.6 Å². The van der Waals surface area contributed by atoms with Crippen LogP contribution in [0.15, 0.2) is 24.3 Å². The molecule has 1 saturated heterocycles. The van der Waals surface area contributed by atoms with E-state index in [2.05, 4.69) is 0 Å². The Bertz CT molecular complexity index is 671. The number of carbonyl (C=O) groups excluding carboxylic acids is 1. The minimum atomic E-state index is -3.36. The Balaban J connectivity index is 2.02. The molecule has 1 aromatic carbocycles. The van der Waals surface area contributed by atoms with Crippen molar-refractivity contribution >= 4 is 15.9 Å². The molecule has 1 fully saturated rings. The van der Waals surface area contributed by atoms with Gasteiger partial charge in [-0.15, -0.1) is 0 Å². The van der Waals surface area contributed by atoms with E-state index in [1.165, 1.54) is 0 Å². The van der Waals surface area contributed by atoms with E-state index < -0.39 is 10.0 Å². The molecular formula is C18H28N2O3S. The van der Waals surface area contributed by atoms with Crippen LogP contribution in [0.25, 0.3) is 0 Å². The van der Waals surface area contributed by atoms with Crippen LogP contribution >= 0.6 is 0 Å². The molecule has 0 saturated carbocycles. The lowest BCUT2D eigenvalue weighted by Crippen LogP contribution is -2.38. The van der Waals surface area contributed by atoms with Crippen molar-refractivity contribution in [3.63, 3.8) is 0 Å². The van der Waals surface area contributed by atoms with E-state index in [0.29, 0.717) is 44.9 Å². The van der Waals surface area contributed by atoms with Gasteiger partial charge in [-0.2, -0.15) is 4.31 Å². The molecular weight excluding hydrogens is 324 g/mol. The first-order chi connectivity index (χ1) is 11.3. The second-order valence-corrected chi connectivity index (χ2v) is 8.88. The normalized spacial score (nSPS) is 17.1. The van der Waals surface area contributed by atoms with Crippen LogP contribution in [0, 0.1) is 12.8 Å². The number of carbonyl (C=O) groups is 1. The lowest BCUT2D eigenvalue weighted by Gasteiger charge is -2.23. The molecule has 1 amide bonds. The van der Waals surface area contributed by atoms with Crippen molar-refractivity contribution in [2.24, 2.45) is 5.92 Å². The third-order valence-electron chi connectivity index (χ3n) is 4.38. The van der Waals surface area contributed by atoms with Crippen molar-refractivity contribution in [2.45, 2.75) is 39.4 Å². The number of sulfonamides is 1. The van der Waals surface area contributed by atoms with E-state index in [4.69, 9.17) is 0 Å². The maximum atomic E-state index is 12.7. The van der Waals surface area contributed by atoms with Crippen molar-refractivity contribution in [1.82, 2.24) is 9.21 Å². The second-order valence-electron chi connectivity index (χ2n) is 6.91. The highest BCUT2D eigenvalue weighted by atomic mass is 32.2. The van der Waals surface area contributed by atoms with Crippen molar-refractivity contribution in [2.75, 3.05) is 26.2 Å². The fourth-order valence-electron chi connectivity index (χ4n) is 2.96. The molecule has 6 heteroatoms. The van der Waals surface area contributed by atoms with Crippen LogP contribution in [0.5, 0.6) is 0 Å². The predicted octanol–water partition coefficient (Wildman–Crippen LogP) is 2.41. The number of benzene rings is 1. The minimum Gasteiger partial charge on any atom is -0.341 e. The van der Waals surface area contributed by atoms with Gasteiger partial charge < -0.3 is 4.90 Å². The standard InChI is InChI=1S/C18H28N2O3S/c1-15(2)13-18(21)19-9-6-10-20(12-11-19)24(22,23)14-17-8-5-4-7-16(17)3/h4-5,7-8,15H,6,9-14H2,1-3H3. The Labute approximate surface area is 145 Å². The van der Waals surface area contributed by atoms with Crippen LogP contribution < -0.4 is 0 Å². The lowest BCUT2D eigenvalue weighted by molar-refractivity contribution is -0.131. The highest BCUT2D eigenvalue weighted by Crippen LogP contribution is 2.17. The van der Waals surface area contributed by atoms with Crippen LogP contribution in [0.2, 0.25) is 0 Å². The first-order valence-electron chi connectivity index (χ1n) is 8.59. The van der Waals surface area contributed by atoms with Crippen molar-refractivity contribution in [1.29, 1.82) is 0 Å². The van der Waals surface area contributed by atoms with Gasteiger partial charge in [0.2, 0.25) is 15.9 Å². The Morgan fingerprint density at radius 3 is 2.50 bits per heavy atom. The number of hydrogen-bond donors (Lipinski definition) is 0. The molecule has 2 rings (SSSR count). The average molecular weight is 353 g/mol. The Morgan fingerprint density at radius 1 is 1.12 bits per heavy atom. The van der Waals surface area contributed by atoms with E-state index in [1.807, 2.05) is 49.9 Å². The number of hydrogen-bond acceptors (Lipinski definition) is 3. The van der Waals surface area contributed by atoms with Gasteiger partial charge >= 0.3 is 0 Å². The Morgan fingerprint density at radius 2 is 1.83 bits per heavy atom. The third kappa shape index (κ3) is 5.05. The van der Waals surface area contributed by atoms with Gasteiger partial charge in [0.15, 0.2) is 0 Å². The van der Waals surface area contributed by atoms with Gasteiger partial charge in [-0.3, -0.25) is 4.79 Å². The average Bonchev–Trinajstić information content (AvgIpc) is 2.75. The molecule has 0 bridgehead atoms. The summed E-state index contributed by atoms with van der Waals surface area (Å²) in [5, 5.41) is 0. The SMILES string of the molecule is Cc1ccccc1CS(=O)(=O)N1CCCN(C(=O)CC(C)C)CC1. The van der Waals surface area contributed by atoms with Gasteiger partial charge in [0.25, 0.3) is 0 Å². The molecule has 0 unspecified atom stereocenters. The molecule has 24 heavy (non-hydrogen) atoms. The van der Waals surface area contributed by atoms with Gasteiger partial charge in [-0.1, -0.05) is 38.1 Å². The maximum absolute atomic E-state index is 12.7. The number of amides is 1. The highest BCUT2D eigenvalue weighted by Gasteiger charge is 2.27. The first-order valence-corrected chi connectivity index (χ1v) is 10.2. The van der Waals surface area contributed by atoms with Crippen LogP contribution in [0.4, 0.5) is 0 Å². The molecule has 1 heterocycles. The van der Waals surface area contributed by atoms with Crippen molar-refractivity contribution < 1.29 is 13.2 Å². The largest absolute Gasteiger partial charge is 0.341 e. The van der Waals surface area contributed by atoms with Crippen LogP contribution in [0.3, 0.4) is 0 Å². The molecule has 5 nitrogen and oxygen atoms in total. The number of aryl methyl sites for hydroxylation is 1. The fraction of sp³-hybridized carbons (Fsp3) is 0.611. The molecule has 1 aromatic rings. The number of nitrogens with zero attached hydrogens (tertiary/aromatic N) is 2. The molecule has 0 N–H and O–H groups in total. The molecule has 0 radical (unpaired) electrons. The van der Waals surface area contributed by atoms with Crippen molar-refractivity contribution in [3.05, 3.63) is 35.4 Å². The second kappa shape index (κ2) is 8.12. The zero-order valence-electron chi connectivity index (χ0n) is 14.9. The van der Waals surface area contributed by atoms with E-state index in [-0.39, 0.29) is 11.7 Å². The summed E-state index contributed by atoms with van der Waals surface area (Å²) in [6.07, 6.45) is 1.22. The van der Waals surface area contributed by atoms with E-state index in [0.717, 1.165) is 11.1 Å². The minimum absolute atomic E-state index is 0.0274. The molecule has 0 spiro atoms. The fourth-order valence-corrected chi connectivity index (χ4v) is 4.63. The van der Waals surface area contributed by atoms with E-state index in [1.54, 1.807) is 4.31 Å². The zero-order chi connectivity index (χ0) is 17.7. The summed E-state index contributed by atoms with van der Waals surface area (Å²) >= 11 is 0. The summed E-state index contributed by atoms with van der Waals surface area (Å²) in [6.45, 7) is 7.97. The number of rotatable bonds is 5. The van der Waals surface area contributed by atoms with Crippen LogP contribution in [-0.4, -0.2) is 49.7 Å². The monoisotopic (exact) mass is 352 g/mol. The predicted molar refractivity (Wildman–Crippen MR) is 96.0 cm³/mol. The zero-order valence-corrected chi connectivity index (χ0v) is 15.7. The molecule has 1 aliphatic heterocycles. The van der Waals surface area contributed by atoms with E-state index >= 15 is 0 Å². The summed E-state index contributed by atoms with van der Waals surface area (Å²) < 4.78 is 27.0. The molecule has 134 valence electrons. The maximum Gasteiger partial charge on any atom is 0.222 e. The smallest absolute Gasteiger partial charge is 0.222 e. The Hall–Kier alpha value is -1.40. The molecule has 0 aliphatic carbocycles. The quantitative estimate of drug-likeness (QED) is 0.818. The summed E-state index contributed by atoms with van der Waals surface area (Å²) in [6, 6.07) is 7.57. The van der Waals surface area contributed by atoms with Gasteiger partial charge in [-0.05, 0) is 30.4 Å². The Kier molecular flexibility index (Phi) is 6.40. The van der Waals surface area contributed by atoms with E-state index in [9.17, 15) is 13.2 Å². The van der Waals surface area contributed by atoms with Gasteiger partial charge in [0.05, 0.1) is 5.75 Å². The van der Waals surface area contributed by atoms with Gasteiger partial charge in [-0.25, -0.2) is 8.42 Å². The topological polar surface area (TPSA) is 57.7 Å². The van der Waals surface area contributed by atoms with Crippen molar-refractivity contribution in [3.8, 4) is 0 Å². The molecule has 1 aliphatic rings. The highest BCUT2D eigenvalue weighted by molar-refractivity contribution is 7.88. The summed E-state index contributed by atoms with van der Waals surface area (Å²) in [5.41, 5.74) is 1.83. The van der Waals surface area contributed by atoms with Gasteiger partial charge in [0.1, 0.15) is 0 Å². The van der Waals surface area contributed by atoms with Gasteiger partial charge in [0, 0.05) is 32.6 Å². The summed E-state index contributed by atoms with van der Waals surface area (Å²) in [7, 11) is -3.36. The lowest BCUT2D eigenvalue weighted by atomic mass is 10.1. The van der Waals surface area contributed by atoms with Crippen LogP contribution in [0.1, 0.15) is 37.8 Å². The summed E-state index contributed by atoms with van der Waals surface area (Å²) in [4.78, 5) is 14.0. The molecule has 0 atom stereocenters. The third-order valence-corrected chi connectivity index (χ3v) is 6.21. The first kappa shape index (κ1) is 18.9. The summed E-state index contributed by atoms with van der Waals surface area (Å²) in [5.74, 6) is 0.476.